The monoisotopic (exact) mass is 587 g/mol. The molecule has 6 heteroatoms. The lowest BCUT2D eigenvalue weighted by Crippen LogP contribution is -2.49. The first kappa shape index (κ1) is 29.4. The molecular formula is C38H37NO5. The fraction of sp³-hybridized carbons (Fsp3) is 0.237. The first-order valence-electron chi connectivity index (χ1n) is 15.1. The van der Waals surface area contributed by atoms with Crippen molar-refractivity contribution in [1.29, 1.82) is 0 Å². The van der Waals surface area contributed by atoms with E-state index in [9.17, 15) is 9.90 Å². The van der Waals surface area contributed by atoms with Gasteiger partial charge < -0.3 is 19.3 Å². The van der Waals surface area contributed by atoms with E-state index in [2.05, 4.69) is 42.5 Å². The van der Waals surface area contributed by atoms with Crippen molar-refractivity contribution in [3.63, 3.8) is 0 Å². The molecule has 1 heterocycles. The van der Waals surface area contributed by atoms with E-state index in [-0.39, 0.29) is 12.5 Å². The second-order valence-corrected chi connectivity index (χ2v) is 11.3. The molecule has 1 amide bonds. The molecule has 2 atom stereocenters. The van der Waals surface area contributed by atoms with Gasteiger partial charge in [0, 0.05) is 17.8 Å². The maximum absolute atomic E-state index is 12.4. The van der Waals surface area contributed by atoms with Gasteiger partial charge in [0.1, 0.15) is 17.6 Å². The minimum absolute atomic E-state index is 0.00206. The number of carboxylic acid groups (broad SMARTS) is 1. The molecule has 1 aliphatic rings. The summed E-state index contributed by atoms with van der Waals surface area (Å²) in [5.41, 5.74) is 3.16. The molecule has 5 aromatic rings. The molecular weight excluding hydrogens is 550 g/mol. The summed E-state index contributed by atoms with van der Waals surface area (Å²) in [6.45, 7) is 1.00. The van der Waals surface area contributed by atoms with Crippen LogP contribution in [0.25, 0.3) is 10.8 Å². The molecule has 0 spiro atoms. The van der Waals surface area contributed by atoms with Gasteiger partial charge in [0.15, 0.2) is 0 Å². The van der Waals surface area contributed by atoms with Crippen molar-refractivity contribution < 1.29 is 24.1 Å². The lowest BCUT2D eigenvalue weighted by Gasteiger charge is -2.40. The SMILES string of the molecule is COc1cc(COC2CCC(COC(c3ccccc3)(c3ccccc3)c3ccccc3)CN2C(=O)O)cc2ccccc12. The largest absolute Gasteiger partial charge is 0.496 e. The van der Waals surface area contributed by atoms with Crippen molar-refractivity contribution in [2.45, 2.75) is 31.3 Å². The Hall–Kier alpha value is -4.65. The number of piperidine rings is 1. The van der Waals surface area contributed by atoms with Gasteiger partial charge in [-0.25, -0.2) is 4.79 Å². The minimum Gasteiger partial charge on any atom is -0.496 e. The highest BCUT2D eigenvalue weighted by molar-refractivity contribution is 5.89. The van der Waals surface area contributed by atoms with Crippen molar-refractivity contribution in [1.82, 2.24) is 4.90 Å². The number of ether oxygens (including phenoxy) is 3. The second kappa shape index (κ2) is 13.3. The molecule has 6 rings (SSSR count). The third-order valence-electron chi connectivity index (χ3n) is 8.49. The Morgan fingerprint density at radius 3 is 1.93 bits per heavy atom. The lowest BCUT2D eigenvalue weighted by atomic mass is 9.80. The summed E-state index contributed by atoms with van der Waals surface area (Å²) in [6, 6.07) is 42.8. The van der Waals surface area contributed by atoms with Crippen molar-refractivity contribution in [3.05, 3.63) is 150 Å². The van der Waals surface area contributed by atoms with Gasteiger partial charge in [-0.2, -0.15) is 0 Å². The van der Waals surface area contributed by atoms with Crippen molar-refractivity contribution in [2.75, 3.05) is 20.3 Å². The van der Waals surface area contributed by atoms with Crippen LogP contribution >= 0.6 is 0 Å². The quantitative estimate of drug-likeness (QED) is 0.167. The Morgan fingerprint density at radius 2 is 1.36 bits per heavy atom. The molecule has 1 aliphatic heterocycles. The number of hydrogen-bond acceptors (Lipinski definition) is 4. The van der Waals surface area contributed by atoms with E-state index in [1.54, 1.807) is 7.11 Å². The van der Waals surface area contributed by atoms with Crippen LogP contribution in [0.15, 0.2) is 127 Å². The zero-order valence-corrected chi connectivity index (χ0v) is 24.8. The van der Waals surface area contributed by atoms with Gasteiger partial charge in [0.05, 0.1) is 20.3 Å². The van der Waals surface area contributed by atoms with E-state index in [4.69, 9.17) is 14.2 Å². The number of methoxy groups -OCH3 is 1. The van der Waals surface area contributed by atoms with Gasteiger partial charge in [0.25, 0.3) is 0 Å². The molecule has 224 valence electrons. The van der Waals surface area contributed by atoms with Crippen LogP contribution < -0.4 is 4.74 Å². The number of fused-ring (bicyclic) bond motifs is 1. The smallest absolute Gasteiger partial charge is 0.409 e. The molecule has 0 saturated carbocycles. The van der Waals surface area contributed by atoms with Crippen LogP contribution in [0.5, 0.6) is 5.75 Å². The second-order valence-electron chi connectivity index (χ2n) is 11.3. The van der Waals surface area contributed by atoms with Gasteiger partial charge >= 0.3 is 6.09 Å². The summed E-state index contributed by atoms with van der Waals surface area (Å²) in [4.78, 5) is 13.9. The summed E-state index contributed by atoms with van der Waals surface area (Å²) >= 11 is 0. The number of nitrogens with zero attached hydrogens (tertiary/aromatic N) is 1. The van der Waals surface area contributed by atoms with Gasteiger partial charge in [0.2, 0.25) is 0 Å². The van der Waals surface area contributed by atoms with E-state index in [0.29, 0.717) is 19.6 Å². The average molecular weight is 588 g/mol. The zero-order valence-electron chi connectivity index (χ0n) is 24.8. The normalized spacial score (nSPS) is 17.0. The van der Waals surface area contributed by atoms with Crippen LogP contribution in [0.2, 0.25) is 0 Å². The number of carbonyl (C=O) groups is 1. The maximum Gasteiger partial charge on any atom is 0.409 e. The Labute approximate surface area is 258 Å². The molecule has 1 N–H and O–H groups in total. The Morgan fingerprint density at radius 1 is 0.795 bits per heavy atom. The molecule has 0 aromatic heterocycles. The highest BCUT2D eigenvalue weighted by atomic mass is 16.5. The van der Waals surface area contributed by atoms with E-state index < -0.39 is 17.9 Å². The highest BCUT2D eigenvalue weighted by Crippen LogP contribution is 2.41. The molecule has 0 radical (unpaired) electrons. The number of amides is 1. The van der Waals surface area contributed by atoms with Crippen LogP contribution in [-0.2, 0) is 21.7 Å². The Balaban J connectivity index is 1.21. The van der Waals surface area contributed by atoms with E-state index in [1.165, 1.54) is 4.90 Å². The standard InChI is InChI=1S/C38H37NO5/c1-42-35-24-29(23-30-13-11-12-20-34(30)35)26-43-36-22-21-28(25-39(36)37(40)41)27-44-38(31-14-5-2-6-15-31,32-16-7-3-8-17-32)33-18-9-4-10-19-33/h2-20,23-24,28,36H,21-22,25-27H2,1H3,(H,40,41). The third kappa shape index (κ3) is 6.05. The summed E-state index contributed by atoms with van der Waals surface area (Å²) in [5, 5.41) is 12.3. The van der Waals surface area contributed by atoms with Crippen LogP contribution in [0.1, 0.15) is 35.1 Å². The molecule has 5 aromatic carbocycles. The topological polar surface area (TPSA) is 68.2 Å². The fourth-order valence-corrected chi connectivity index (χ4v) is 6.32. The molecule has 1 fully saturated rings. The van der Waals surface area contributed by atoms with Gasteiger partial charge in [-0.3, -0.25) is 4.90 Å². The minimum atomic E-state index is -0.990. The van der Waals surface area contributed by atoms with Crippen molar-refractivity contribution >= 4 is 16.9 Å². The number of rotatable bonds is 10. The van der Waals surface area contributed by atoms with E-state index in [1.807, 2.05) is 84.9 Å². The van der Waals surface area contributed by atoms with Crippen LogP contribution in [0, 0.1) is 5.92 Å². The molecule has 2 unspecified atom stereocenters. The number of likely N-dealkylation sites (tertiary alicyclic amines) is 1. The Kier molecular flexibility index (Phi) is 8.91. The fourth-order valence-electron chi connectivity index (χ4n) is 6.32. The van der Waals surface area contributed by atoms with E-state index >= 15 is 0 Å². The molecule has 0 bridgehead atoms. The lowest BCUT2D eigenvalue weighted by molar-refractivity contribution is -0.100. The first-order valence-corrected chi connectivity index (χ1v) is 15.1. The van der Waals surface area contributed by atoms with Gasteiger partial charge in [-0.05, 0) is 52.6 Å². The van der Waals surface area contributed by atoms with E-state index in [0.717, 1.165) is 45.2 Å². The molecule has 0 aliphatic carbocycles. The predicted octanol–water partition coefficient (Wildman–Crippen LogP) is 8.09. The Bertz CT molecular complexity index is 1580. The van der Waals surface area contributed by atoms with Crippen molar-refractivity contribution in [3.8, 4) is 5.75 Å². The van der Waals surface area contributed by atoms with Crippen molar-refractivity contribution in [2.24, 2.45) is 5.92 Å². The summed E-state index contributed by atoms with van der Waals surface area (Å²) in [7, 11) is 1.66. The summed E-state index contributed by atoms with van der Waals surface area (Å²) in [5.74, 6) is 0.776. The molecule has 44 heavy (non-hydrogen) atoms. The highest BCUT2D eigenvalue weighted by Gasteiger charge is 2.40. The van der Waals surface area contributed by atoms with Crippen LogP contribution in [0.4, 0.5) is 4.79 Å². The van der Waals surface area contributed by atoms with Crippen LogP contribution in [-0.4, -0.2) is 42.6 Å². The number of hydrogen-bond donors (Lipinski definition) is 1. The zero-order chi connectivity index (χ0) is 30.4. The average Bonchev–Trinajstić information content (AvgIpc) is 3.09. The maximum atomic E-state index is 12.4. The van der Waals surface area contributed by atoms with Crippen LogP contribution in [0.3, 0.4) is 0 Å². The van der Waals surface area contributed by atoms with Gasteiger partial charge in [-0.1, -0.05) is 115 Å². The summed E-state index contributed by atoms with van der Waals surface area (Å²) in [6.07, 6.45) is -0.163. The first-order chi connectivity index (χ1) is 21.6. The molecule has 6 nitrogen and oxygen atoms in total. The van der Waals surface area contributed by atoms with Gasteiger partial charge in [-0.15, -0.1) is 0 Å². The summed E-state index contributed by atoms with van der Waals surface area (Å²) < 4.78 is 18.9. The molecule has 1 saturated heterocycles. The third-order valence-corrected chi connectivity index (χ3v) is 8.49. The predicted molar refractivity (Wildman–Crippen MR) is 172 cm³/mol. The number of benzene rings is 5.